The van der Waals surface area contributed by atoms with Crippen LogP contribution in [0.2, 0.25) is 0 Å². The first-order valence-corrected chi connectivity index (χ1v) is 7.90. The van der Waals surface area contributed by atoms with Crippen LogP contribution < -0.4 is 19.3 Å². The lowest BCUT2D eigenvalue weighted by Crippen LogP contribution is -3.28. The molecule has 20 heavy (non-hydrogen) atoms. The molecule has 2 heterocycles. The predicted octanol–water partition coefficient (Wildman–Crippen LogP) is -0.980. The maximum atomic E-state index is 6.06. The molecule has 4 heteroatoms. The van der Waals surface area contributed by atoms with Gasteiger partial charge >= 0.3 is 0 Å². The third-order valence-corrected chi connectivity index (χ3v) is 4.35. The fraction of sp³-hybridized carbons (Fsp3) is 0.625. The zero-order valence-corrected chi connectivity index (χ0v) is 12.4. The van der Waals surface area contributed by atoms with Crippen molar-refractivity contribution in [2.24, 2.45) is 0 Å². The second kappa shape index (κ2) is 6.46. The molecule has 1 aromatic carbocycles. The third kappa shape index (κ3) is 3.25. The zero-order chi connectivity index (χ0) is 13.8. The summed E-state index contributed by atoms with van der Waals surface area (Å²) in [5.74, 6) is 1.79. The quantitative estimate of drug-likeness (QED) is 0.741. The van der Waals surface area contributed by atoms with E-state index in [0.29, 0.717) is 6.61 Å². The van der Waals surface area contributed by atoms with Crippen LogP contribution in [0.15, 0.2) is 24.3 Å². The highest BCUT2D eigenvalue weighted by Gasteiger charge is 2.28. The van der Waals surface area contributed by atoms with E-state index in [1.807, 2.05) is 24.3 Å². The highest BCUT2D eigenvalue weighted by molar-refractivity contribution is 5.40. The Kier molecular flexibility index (Phi) is 4.43. The third-order valence-electron chi connectivity index (χ3n) is 4.35. The molecule has 0 bridgehead atoms. The molecular formula is C16H26N2O2+2. The lowest BCUT2D eigenvalue weighted by atomic mass is 10.2. The van der Waals surface area contributed by atoms with Gasteiger partial charge in [0.2, 0.25) is 0 Å². The first-order valence-electron chi connectivity index (χ1n) is 7.90. The van der Waals surface area contributed by atoms with Crippen molar-refractivity contribution in [2.75, 3.05) is 45.9 Å². The lowest BCUT2D eigenvalue weighted by Gasteiger charge is -2.33. The van der Waals surface area contributed by atoms with Crippen LogP contribution in [0.1, 0.15) is 13.3 Å². The fourth-order valence-electron chi connectivity index (χ4n) is 3.25. The molecule has 2 aliphatic heterocycles. The van der Waals surface area contributed by atoms with E-state index in [2.05, 4.69) is 6.92 Å². The number of ether oxygens (including phenoxy) is 2. The number of hydrogen-bond donors (Lipinski definition) is 2. The zero-order valence-electron chi connectivity index (χ0n) is 12.4. The second-order valence-electron chi connectivity index (χ2n) is 5.95. The van der Waals surface area contributed by atoms with Crippen molar-refractivity contribution in [3.8, 4) is 11.5 Å². The van der Waals surface area contributed by atoms with Crippen LogP contribution in [0.25, 0.3) is 0 Å². The molecule has 2 aliphatic rings. The van der Waals surface area contributed by atoms with Crippen LogP contribution >= 0.6 is 0 Å². The molecule has 1 atom stereocenters. The second-order valence-corrected chi connectivity index (χ2v) is 5.95. The molecule has 0 unspecified atom stereocenters. The number of nitrogens with one attached hydrogen (secondary N) is 2. The first kappa shape index (κ1) is 13.7. The van der Waals surface area contributed by atoms with Crippen molar-refractivity contribution in [1.29, 1.82) is 0 Å². The largest absolute Gasteiger partial charge is 0.486 e. The van der Waals surface area contributed by atoms with Gasteiger partial charge in [-0.2, -0.15) is 0 Å². The Balaban J connectivity index is 1.48. The Morgan fingerprint density at radius 3 is 2.50 bits per heavy atom. The Morgan fingerprint density at radius 1 is 1.05 bits per heavy atom. The molecule has 3 rings (SSSR count). The molecule has 0 aromatic heterocycles. The summed E-state index contributed by atoms with van der Waals surface area (Å²) in [6.07, 6.45) is 1.49. The van der Waals surface area contributed by atoms with E-state index >= 15 is 0 Å². The van der Waals surface area contributed by atoms with Crippen molar-refractivity contribution < 1.29 is 19.3 Å². The van der Waals surface area contributed by atoms with E-state index in [-0.39, 0.29) is 6.10 Å². The molecule has 0 spiro atoms. The summed E-state index contributed by atoms with van der Waals surface area (Å²) in [7, 11) is 0. The van der Waals surface area contributed by atoms with Crippen LogP contribution in [0, 0.1) is 0 Å². The van der Waals surface area contributed by atoms with Crippen molar-refractivity contribution >= 4 is 0 Å². The molecule has 4 nitrogen and oxygen atoms in total. The molecule has 110 valence electrons. The van der Waals surface area contributed by atoms with Gasteiger partial charge in [0.05, 0.1) is 6.54 Å². The Bertz CT molecular complexity index is 430. The Morgan fingerprint density at radius 2 is 1.75 bits per heavy atom. The minimum absolute atomic E-state index is 0.202. The van der Waals surface area contributed by atoms with Crippen molar-refractivity contribution in [3.05, 3.63) is 24.3 Å². The summed E-state index contributed by atoms with van der Waals surface area (Å²) in [6, 6.07) is 7.97. The maximum Gasteiger partial charge on any atom is 0.181 e. The van der Waals surface area contributed by atoms with E-state index in [9.17, 15) is 0 Å². The molecule has 0 radical (unpaired) electrons. The van der Waals surface area contributed by atoms with E-state index < -0.39 is 0 Å². The van der Waals surface area contributed by atoms with Gasteiger partial charge in [-0.05, 0) is 18.6 Å². The molecule has 1 saturated heterocycles. The molecule has 0 saturated carbocycles. The van der Waals surface area contributed by atoms with E-state index in [0.717, 1.165) is 18.0 Å². The van der Waals surface area contributed by atoms with E-state index in [1.165, 1.54) is 39.1 Å². The molecule has 0 amide bonds. The number of hydrogen-bond acceptors (Lipinski definition) is 2. The van der Waals surface area contributed by atoms with Crippen molar-refractivity contribution in [3.63, 3.8) is 0 Å². The van der Waals surface area contributed by atoms with Crippen molar-refractivity contribution in [2.45, 2.75) is 19.4 Å². The standard InChI is InChI=1S/C16H24N2O2/c1-2-7-17-8-10-18(11-9-17)12-14-13-19-15-5-3-4-6-16(15)20-14/h3-6,14H,2,7-13H2,1H3/p+2/t14-/m1/s1. The monoisotopic (exact) mass is 278 g/mol. The van der Waals surface area contributed by atoms with Gasteiger partial charge in [-0.1, -0.05) is 19.1 Å². The van der Waals surface area contributed by atoms with Gasteiger partial charge in [0, 0.05) is 0 Å². The summed E-state index contributed by atoms with van der Waals surface area (Å²) in [6.45, 7) is 10.5. The van der Waals surface area contributed by atoms with E-state index in [4.69, 9.17) is 9.47 Å². The smallest absolute Gasteiger partial charge is 0.181 e. The highest BCUT2D eigenvalue weighted by Crippen LogP contribution is 2.30. The van der Waals surface area contributed by atoms with Crippen LogP contribution in [-0.2, 0) is 0 Å². The predicted molar refractivity (Wildman–Crippen MR) is 77.8 cm³/mol. The van der Waals surface area contributed by atoms with Gasteiger partial charge in [0.25, 0.3) is 0 Å². The molecule has 2 N–H and O–H groups in total. The van der Waals surface area contributed by atoms with Gasteiger partial charge in [0.1, 0.15) is 39.3 Å². The van der Waals surface area contributed by atoms with Gasteiger partial charge in [-0.15, -0.1) is 0 Å². The number of rotatable bonds is 4. The minimum Gasteiger partial charge on any atom is -0.486 e. The molecule has 0 aliphatic carbocycles. The average Bonchev–Trinajstić information content (AvgIpc) is 2.49. The van der Waals surface area contributed by atoms with Crippen LogP contribution in [0.3, 0.4) is 0 Å². The van der Waals surface area contributed by atoms with Gasteiger partial charge < -0.3 is 19.3 Å². The minimum atomic E-state index is 0.202. The number of quaternary nitrogens is 2. The van der Waals surface area contributed by atoms with Crippen LogP contribution in [0.5, 0.6) is 11.5 Å². The normalized spacial score (nSPS) is 29.1. The van der Waals surface area contributed by atoms with Crippen LogP contribution in [0.4, 0.5) is 0 Å². The summed E-state index contributed by atoms with van der Waals surface area (Å²) >= 11 is 0. The fourth-order valence-corrected chi connectivity index (χ4v) is 3.25. The van der Waals surface area contributed by atoms with Gasteiger partial charge in [-0.3, -0.25) is 0 Å². The van der Waals surface area contributed by atoms with Gasteiger partial charge in [0.15, 0.2) is 17.6 Å². The summed E-state index contributed by atoms with van der Waals surface area (Å²) < 4.78 is 11.9. The molecule has 1 fully saturated rings. The summed E-state index contributed by atoms with van der Waals surface area (Å²) in [4.78, 5) is 3.43. The molecular weight excluding hydrogens is 252 g/mol. The summed E-state index contributed by atoms with van der Waals surface area (Å²) in [5, 5.41) is 0. The topological polar surface area (TPSA) is 27.3 Å². The van der Waals surface area contributed by atoms with Gasteiger partial charge in [-0.25, -0.2) is 0 Å². The Hall–Kier alpha value is -1.26. The number of fused-ring (bicyclic) bond motifs is 1. The number of benzene rings is 1. The van der Waals surface area contributed by atoms with Crippen molar-refractivity contribution in [1.82, 2.24) is 0 Å². The summed E-state index contributed by atoms with van der Waals surface area (Å²) in [5.41, 5.74) is 0. The highest BCUT2D eigenvalue weighted by atomic mass is 16.6. The number of piperazine rings is 1. The first-order chi connectivity index (χ1) is 9.85. The number of para-hydroxylation sites is 2. The molecule has 1 aromatic rings. The lowest BCUT2D eigenvalue weighted by molar-refractivity contribution is -1.01. The SMILES string of the molecule is CCC[NH+]1CC[NH+](C[C@@H]2COc3ccccc3O2)CC1. The Labute approximate surface area is 121 Å². The van der Waals surface area contributed by atoms with E-state index in [1.54, 1.807) is 9.80 Å². The van der Waals surface area contributed by atoms with Crippen LogP contribution in [-0.4, -0.2) is 52.0 Å². The maximum absolute atomic E-state index is 6.06. The average molecular weight is 278 g/mol.